The third-order valence-corrected chi connectivity index (χ3v) is 4.77. The molecule has 152 valence electrons. The molecule has 0 atom stereocenters. The second kappa shape index (κ2) is 7.66. The number of nitrogens with zero attached hydrogens (tertiary/aromatic N) is 4. The number of benzene rings is 1. The molecule has 2 aromatic heterocycles. The van der Waals surface area contributed by atoms with E-state index in [1.807, 2.05) is 39.8 Å². The zero-order valence-corrected chi connectivity index (χ0v) is 17.7. The maximum Gasteiger partial charge on any atom is 0.215 e. The van der Waals surface area contributed by atoms with Gasteiger partial charge in [0.15, 0.2) is 5.78 Å². The molecule has 3 aromatic rings. The normalized spacial score (nSPS) is 11.5. The number of methoxy groups -OCH3 is 1. The topological polar surface area (TPSA) is 77.3 Å². The minimum Gasteiger partial charge on any atom is -0.497 e. The molecule has 0 aliphatic carbocycles. The van der Waals surface area contributed by atoms with Gasteiger partial charge in [-0.25, -0.2) is 4.98 Å². The van der Waals surface area contributed by atoms with Crippen molar-refractivity contribution in [3.05, 3.63) is 47.8 Å². The van der Waals surface area contributed by atoms with Gasteiger partial charge >= 0.3 is 0 Å². The molecular weight excluding hydrogens is 368 g/mol. The molecule has 7 nitrogen and oxygen atoms in total. The third-order valence-electron chi connectivity index (χ3n) is 4.77. The van der Waals surface area contributed by atoms with E-state index in [0.29, 0.717) is 27.9 Å². The van der Waals surface area contributed by atoms with E-state index < -0.39 is 5.41 Å². The van der Waals surface area contributed by atoms with E-state index >= 15 is 0 Å². The van der Waals surface area contributed by atoms with Gasteiger partial charge in [-0.2, -0.15) is 5.10 Å². The predicted molar refractivity (Wildman–Crippen MR) is 113 cm³/mol. The number of carbonyl (C=O) groups is 2. The molecule has 0 saturated heterocycles. The number of Topliss-reactive ketones (excluding diaryl/α,β-unsaturated/α-hetero) is 1. The van der Waals surface area contributed by atoms with Crippen molar-refractivity contribution in [3.63, 3.8) is 0 Å². The molecule has 1 aromatic carbocycles. The van der Waals surface area contributed by atoms with Gasteiger partial charge in [0.25, 0.3) is 0 Å². The van der Waals surface area contributed by atoms with Gasteiger partial charge in [0.2, 0.25) is 5.78 Å². The SMILES string of the molecule is COc1ccc2c(C(=O)c3ccc(N(C)C)nc3)nn(CC(=O)C(C)(C)C)c2c1. The number of rotatable bonds is 6. The number of pyridine rings is 1. The number of aromatic nitrogens is 3. The van der Waals surface area contributed by atoms with E-state index in [0.717, 1.165) is 5.82 Å². The molecule has 0 unspecified atom stereocenters. The first-order valence-corrected chi connectivity index (χ1v) is 9.37. The number of ketones is 2. The summed E-state index contributed by atoms with van der Waals surface area (Å²) in [5, 5.41) is 5.18. The molecule has 3 rings (SSSR count). The quantitative estimate of drug-likeness (QED) is 0.597. The van der Waals surface area contributed by atoms with Crippen molar-refractivity contribution in [2.75, 3.05) is 26.1 Å². The molecule has 0 aliphatic rings. The Kier molecular flexibility index (Phi) is 5.42. The second-order valence-corrected chi connectivity index (χ2v) is 8.19. The van der Waals surface area contributed by atoms with Crippen LogP contribution in [0.3, 0.4) is 0 Å². The van der Waals surface area contributed by atoms with Gasteiger partial charge in [-0.1, -0.05) is 20.8 Å². The Bertz CT molecular complexity index is 1060. The van der Waals surface area contributed by atoms with E-state index in [-0.39, 0.29) is 18.1 Å². The summed E-state index contributed by atoms with van der Waals surface area (Å²) in [4.78, 5) is 31.9. The Labute approximate surface area is 170 Å². The second-order valence-electron chi connectivity index (χ2n) is 8.19. The maximum atomic E-state index is 13.1. The van der Waals surface area contributed by atoms with Crippen LogP contribution in [0.4, 0.5) is 5.82 Å². The van der Waals surface area contributed by atoms with E-state index in [1.165, 1.54) is 0 Å². The summed E-state index contributed by atoms with van der Waals surface area (Å²) in [7, 11) is 5.35. The van der Waals surface area contributed by atoms with Crippen LogP contribution in [0.25, 0.3) is 10.9 Å². The fraction of sp³-hybridized carbons (Fsp3) is 0.364. The van der Waals surface area contributed by atoms with Crippen molar-refractivity contribution in [2.24, 2.45) is 5.41 Å². The summed E-state index contributed by atoms with van der Waals surface area (Å²) in [5.41, 5.74) is 0.916. The zero-order chi connectivity index (χ0) is 21.3. The van der Waals surface area contributed by atoms with Gasteiger partial charge in [0, 0.05) is 42.7 Å². The molecule has 0 fully saturated rings. The van der Waals surface area contributed by atoms with Crippen LogP contribution in [-0.4, -0.2) is 47.5 Å². The van der Waals surface area contributed by atoms with Crippen LogP contribution >= 0.6 is 0 Å². The lowest BCUT2D eigenvalue weighted by Gasteiger charge is -2.16. The Balaban J connectivity index is 2.07. The molecule has 0 N–H and O–H groups in total. The van der Waals surface area contributed by atoms with Crippen molar-refractivity contribution in [3.8, 4) is 5.75 Å². The minimum atomic E-state index is -0.507. The molecule has 0 spiro atoms. The Morgan fingerprint density at radius 2 is 1.86 bits per heavy atom. The predicted octanol–water partition coefficient (Wildman–Crippen LogP) is 3.35. The van der Waals surface area contributed by atoms with Gasteiger partial charge in [-0.15, -0.1) is 0 Å². The fourth-order valence-corrected chi connectivity index (χ4v) is 2.86. The lowest BCUT2D eigenvalue weighted by molar-refractivity contribution is -0.127. The van der Waals surface area contributed by atoms with Crippen LogP contribution in [0.15, 0.2) is 36.5 Å². The van der Waals surface area contributed by atoms with Crippen molar-refractivity contribution in [1.82, 2.24) is 14.8 Å². The van der Waals surface area contributed by atoms with Crippen molar-refractivity contribution >= 4 is 28.3 Å². The summed E-state index contributed by atoms with van der Waals surface area (Å²) in [6.45, 7) is 5.68. The highest BCUT2D eigenvalue weighted by Gasteiger charge is 2.25. The van der Waals surface area contributed by atoms with Crippen LogP contribution in [0, 0.1) is 5.41 Å². The van der Waals surface area contributed by atoms with Crippen molar-refractivity contribution in [2.45, 2.75) is 27.3 Å². The van der Waals surface area contributed by atoms with Crippen LogP contribution in [0.5, 0.6) is 5.75 Å². The Hall–Kier alpha value is -3.22. The molecule has 0 amide bonds. The monoisotopic (exact) mass is 394 g/mol. The van der Waals surface area contributed by atoms with Crippen LogP contribution in [0.1, 0.15) is 36.8 Å². The summed E-state index contributed by atoms with van der Waals surface area (Å²) in [5.74, 6) is 1.19. The molecule has 29 heavy (non-hydrogen) atoms. The number of carbonyl (C=O) groups excluding carboxylic acids is 2. The number of ether oxygens (including phenoxy) is 1. The summed E-state index contributed by atoms with van der Waals surface area (Å²) >= 11 is 0. The van der Waals surface area contributed by atoms with Crippen LogP contribution < -0.4 is 9.64 Å². The van der Waals surface area contributed by atoms with E-state index in [4.69, 9.17) is 4.74 Å². The molecular formula is C22H26N4O3. The minimum absolute atomic E-state index is 0.0284. The van der Waals surface area contributed by atoms with Crippen LogP contribution in [0.2, 0.25) is 0 Å². The summed E-state index contributed by atoms with van der Waals surface area (Å²) in [6, 6.07) is 8.90. The highest BCUT2D eigenvalue weighted by molar-refractivity contribution is 6.15. The lowest BCUT2D eigenvalue weighted by Crippen LogP contribution is -2.25. The largest absolute Gasteiger partial charge is 0.497 e. The van der Waals surface area contributed by atoms with E-state index in [1.54, 1.807) is 48.3 Å². The van der Waals surface area contributed by atoms with Gasteiger partial charge in [0.1, 0.15) is 23.8 Å². The first-order chi connectivity index (χ1) is 13.6. The number of hydrogen-bond acceptors (Lipinski definition) is 6. The number of anilines is 1. The van der Waals surface area contributed by atoms with Gasteiger partial charge in [-0.3, -0.25) is 14.3 Å². The smallest absolute Gasteiger partial charge is 0.215 e. The third kappa shape index (κ3) is 4.13. The fourth-order valence-electron chi connectivity index (χ4n) is 2.86. The molecule has 2 heterocycles. The molecule has 0 radical (unpaired) electrons. The Morgan fingerprint density at radius 1 is 1.14 bits per heavy atom. The average Bonchev–Trinajstić information content (AvgIpc) is 3.04. The van der Waals surface area contributed by atoms with Crippen molar-refractivity contribution in [1.29, 1.82) is 0 Å². The first-order valence-electron chi connectivity index (χ1n) is 9.37. The molecule has 0 saturated carbocycles. The summed E-state index contributed by atoms with van der Waals surface area (Å²) in [6.07, 6.45) is 1.55. The molecule has 0 aliphatic heterocycles. The van der Waals surface area contributed by atoms with Crippen LogP contribution in [-0.2, 0) is 11.3 Å². The van der Waals surface area contributed by atoms with Gasteiger partial charge in [-0.05, 0) is 24.3 Å². The lowest BCUT2D eigenvalue weighted by atomic mass is 9.91. The summed E-state index contributed by atoms with van der Waals surface area (Å²) < 4.78 is 6.90. The zero-order valence-electron chi connectivity index (χ0n) is 17.7. The standard InChI is InChI=1S/C22H26N4O3/c1-22(2,3)18(27)13-26-17-11-15(29-6)8-9-16(17)20(24-26)21(28)14-7-10-19(23-12-14)25(4)5/h7-12H,13H2,1-6H3. The van der Waals surface area contributed by atoms with Gasteiger partial charge in [0.05, 0.1) is 12.6 Å². The van der Waals surface area contributed by atoms with Crippen molar-refractivity contribution < 1.29 is 14.3 Å². The first kappa shape index (κ1) is 20.5. The molecule has 7 heteroatoms. The number of hydrogen-bond donors (Lipinski definition) is 0. The maximum absolute atomic E-state index is 13.1. The molecule has 0 bridgehead atoms. The average molecular weight is 394 g/mol. The Morgan fingerprint density at radius 3 is 2.41 bits per heavy atom. The van der Waals surface area contributed by atoms with Gasteiger partial charge < -0.3 is 9.64 Å². The van der Waals surface area contributed by atoms with E-state index in [2.05, 4.69) is 10.1 Å². The number of fused-ring (bicyclic) bond motifs is 1. The van der Waals surface area contributed by atoms with E-state index in [9.17, 15) is 9.59 Å². The highest BCUT2D eigenvalue weighted by atomic mass is 16.5. The highest BCUT2D eigenvalue weighted by Crippen LogP contribution is 2.27.